The van der Waals surface area contributed by atoms with Crippen LogP contribution in [0.4, 0.5) is 0 Å². The zero-order chi connectivity index (χ0) is 16.4. The van der Waals surface area contributed by atoms with Crippen LogP contribution in [0, 0.1) is 0 Å². The zero-order valence-corrected chi connectivity index (χ0v) is 14.4. The minimum Gasteiger partial charge on any atom is -0.459 e. The summed E-state index contributed by atoms with van der Waals surface area (Å²) in [5.41, 5.74) is 1.28. The van der Waals surface area contributed by atoms with Gasteiger partial charge in [-0.15, -0.1) is 0 Å². The maximum atomic E-state index is 12.1. The summed E-state index contributed by atoms with van der Waals surface area (Å²) in [7, 11) is 0. The van der Waals surface area contributed by atoms with Gasteiger partial charge in [0.2, 0.25) is 3.79 Å². The molecule has 0 aliphatic carbocycles. The normalized spacial score (nSPS) is 13.2. The Morgan fingerprint density at radius 2 is 2.00 bits per heavy atom. The number of fused-ring (bicyclic) bond motifs is 1. The van der Waals surface area contributed by atoms with Crippen molar-refractivity contribution in [1.29, 1.82) is 0 Å². The highest BCUT2D eigenvalue weighted by molar-refractivity contribution is 8.00. The first-order valence-electron chi connectivity index (χ1n) is 6.37. The summed E-state index contributed by atoms with van der Waals surface area (Å²) in [6, 6.07) is 10.3. The van der Waals surface area contributed by atoms with Crippen LogP contribution < -0.4 is 5.32 Å². The van der Waals surface area contributed by atoms with E-state index in [4.69, 9.17) is 43.6 Å². The molecule has 0 fully saturated rings. The summed E-state index contributed by atoms with van der Waals surface area (Å²) in [4.78, 5) is 16.4. The fraction of sp³-hybridized carbons (Fsp3) is 0.143. The lowest BCUT2D eigenvalue weighted by atomic mass is 10.3. The Labute approximate surface area is 150 Å². The average Bonchev–Trinajstić information content (AvgIpc) is 3.14. The number of carbonyl (C=O) groups excluding carboxylic acids is 1. The van der Waals surface area contributed by atoms with E-state index >= 15 is 0 Å². The number of nitrogens with one attached hydrogen (secondary N) is 1. The van der Waals surface area contributed by atoms with Gasteiger partial charge in [0.1, 0.15) is 10.9 Å². The fourth-order valence-corrected chi connectivity index (χ4v) is 3.13. The van der Waals surface area contributed by atoms with Gasteiger partial charge >= 0.3 is 0 Å². The van der Waals surface area contributed by atoms with Gasteiger partial charge < -0.3 is 14.2 Å². The third-order valence-corrected chi connectivity index (χ3v) is 4.92. The molecule has 0 saturated heterocycles. The largest absolute Gasteiger partial charge is 0.459 e. The van der Waals surface area contributed by atoms with Crippen LogP contribution in [-0.4, -0.2) is 20.1 Å². The van der Waals surface area contributed by atoms with Crippen LogP contribution in [0.5, 0.6) is 0 Å². The monoisotopic (exact) mass is 390 g/mol. The lowest BCUT2D eigenvalue weighted by Crippen LogP contribution is -2.41. The number of halogens is 3. The van der Waals surface area contributed by atoms with Gasteiger partial charge in [-0.25, -0.2) is 4.98 Å². The minimum atomic E-state index is -1.77. The van der Waals surface area contributed by atoms with Crippen molar-refractivity contribution in [2.24, 2.45) is 0 Å². The maximum Gasteiger partial charge on any atom is 0.287 e. The molecule has 9 heteroatoms. The molecule has 2 heterocycles. The first-order chi connectivity index (χ1) is 10.9. The second-order valence-corrected chi connectivity index (χ2v) is 7.86. The third-order valence-electron chi connectivity index (χ3n) is 2.80. The van der Waals surface area contributed by atoms with Gasteiger partial charge in [-0.1, -0.05) is 46.9 Å². The predicted octanol–water partition coefficient (Wildman–Crippen LogP) is 4.64. The van der Waals surface area contributed by atoms with E-state index in [1.807, 2.05) is 12.1 Å². The second kappa shape index (κ2) is 6.65. The molecule has 1 amide bonds. The van der Waals surface area contributed by atoms with Crippen molar-refractivity contribution in [3.05, 3.63) is 48.4 Å². The maximum absolute atomic E-state index is 12.1. The Bertz CT molecular complexity index is 781. The van der Waals surface area contributed by atoms with Crippen LogP contribution in [-0.2, 0) is 0 Å². The molecule has 0 radical (unpaired) electrons. The quantitative estimate of drug-likeness (QED) is 0.399. The number of alkyl halides is 3. The molecule has 0 aliphatic rings. The SMILES string of the molecule is O=C(NC(Sc1nc2ccccc2o1)C(Cl)(Cl)Cl)c1ccco1. The van der Waals surface area contributed by atoms with E-state index in [1.54, 1.807) is 18.2 Å². The van der Waals surface area contributed by atoms with E-state index in [1.165, 1.54) is 12.3 Å². The Balaban J connectivity index is 1.80. The molecule has 3 aromatic rings. The number of aromatic nitrogens is 1. The molecule has 0 saturated carbocycles. The van der Waals surface area contributed by atoms with Crippen molar-refractivity contribution in [3.63, 3.8) is 0 Å². The number of para-hydroxylation sites is 2. The van der Waals surface area contributed by atoms with E-state index in [2.05, 4.69) is 10.3 Å². The summed E-state index contributed by atoms with van der Waals surface area (Å²) in [5, 5.41) is 1.95. The molecule has 23 heavy (non-hydrogen) atoms. The Kier molecular flexibility index (Phi) is 4.77. The number of benzene rings is 1. The van der Waals surface area contributed by atoms with E-state index in [0.717, 1.165) is 11.8 Å². The Morgan fingerprint density at radius 3 is 2.65 bits per heavy atom. The molecule has 0 aliphatic heterocycles. The number of thioether (sulfide) groups is 1. The van der Waals surface area contributed by atoms with Crippen molar-refractivity contribution < 1.29 is 13.6 Å². The summed E-state index contributed by atoms with van der Waals surface area (Å²) in [6.45, 7) is 0. The number of rotatable bonds is 4. The number of nitrogens with zero attached hydrogens (tertiary/aromatic N) is 1. The van der Waals surface area contributed by atoms with Gasteiger partial charge in [0.05, 0.1) is 6.26 Å². The van der Waals surface area contributed by atoms with Gasteiger partial charge in [0.25, 0.3) is 11.1 Å². The number of hydrogen-bond donors (Lipinski definition) is 1. The van der Waals surface area contributed by atoms with Crippen LogP contribution in [0.2, 0.25) is 0 Å². The smallest absolute Gasteiger partial charge is 0.287 e. The number of furan rings is 1. The minimum absolute atomic E-state index is 0.113. The van der Waals surface area contributed by atoms with Crippen molar-refractivity contribution >= 4 is 63.6 Å². The average molecular weight is 392 g/mol. The van der Waals surface area contributed by atoms with Gasteiger partial charge in [-0.05, 0) is 36.0 Å². The number of carbonyl (C=O) groups is 1. The molecular weight excluding hydrogens is 383 g/mol. The second-order valence-electron chi connectivity index (χ2n) is 4.44. The molecule has 1 aromatic carbocycles. The lowest BCUT2D eigenvalue weighted by Gasteiger charge is -2.22. The number of oxazole rings is 1. The molecule has 5 nitrogen and oxygen atoms in total. The van der Waals surface area contributed by atoms with Gasteiger partial charge in [0, 0.05) is 0 Å². The van der Waals surface area contributed by atoms with Crippen LogP contribution >= 0.6 is 46.6 Å². The summed E-state index contributed by atoms with van der Waals surface area (Å²) < 4.78 is 8.81. The summed E-state index contributed by atoms with van der Waals surface area (Å²) in [6.07, 6.45) is 1.38. The summed E-state index contributed by atoms with van der Waals surface area (Å²) >= 11 is 18.8. The van der Waals surface area contributed by atoms with Crippen LogP contribution in [0.15, 0.2) is 56.7 Å². The molecule has 2 aromatic heterocycles. The molecule has 1 N–H and O–H groups in total. The first kappa shape index (κ1) is 16.5. The van der Waals surface area contributed by atoms with Gasteiger partial charge in [0.15, 0.2) is 11.3 Å². The highest BCUT2D eigenvalue weighted by Gasteiger charge is 2.37. The standard InChI is InChI=1S/C14H9Cl3N2O3S/c15-14(16,17)12(19-11(20)10-6-3-7-21-10)23-13-18-8-4-1-2-5-9(8)22-13/h1-7,12H,(H,19,20). The van der Waals surface area contributed by atoms with Crippen molar-refractivity contribution in [2.45, 2.75) is 14.4 Å². The van der Waals surface area contributed by atoms with E-state index in [9.17, 15) is 4.79 Å². The van der Waals surface area contributed by atoms with Gasteiger partial charge in [-0.2, -0.15) is 0 Å². The Hall–Kier alpha value is -1.34. The molecule has 3 rings (SSSR count). The molecule has 1 unspecified atom stereocenters. The first-order valence-corrected chi connectivity index (χ1v) is 8.38. The molecule has 1 atom stereocenters. The van der Waals surface area contributed by atoms with Gasteiger partial charge in [-0.3, -0.25) is 4.79 Å². The van der Waals surface area contributed by atoms with Crippen molar-refractivity contribution in [1.82, 2.24) is 10.3 Å². The number of amides is 1. The predicted molar refractivity (Wildman–Crippen MR) is 90.1 cm³/mol. The highest BCUT2D eigenvalue weighted by atomic mass is 35.6. The molecule has 0 spiro atoms. The zero-order valence-electron chi connectivity index (χ0n) is 11.3. The molecular formula is C14H9Cl3N2O3S. The van der Waals surface area contributed by atoms with Crippen LogP contribution in [0.25, 0.3) is 11.1 Å². The highest BCUT2D eigenvalue weighted by Crippen LogP contribution is 2.39. The van der Waals surface area contributed by atoms with E-state index < -0.39 is 15.1 Å². The molecule has 0 bridgehead atoms. The Morgan fingerprint density at radius 1 is 1.22 bits per heavy atom. The van der Waals surface area contributed by atoms with Crippen LogP contribution in [0.3, 0.4) is 0 Å². The number of hydrogen-bond acceptors (Lipinski definition) is 5. The third kappa shape index (κ3) is 3.95. The van der Waals surface area contributed by atoms with E-state index in [0.29, 0.717) is 11.1 Å². The van der Waals surface area contributed by atoms with Crippen LogP contribution in [0.1, 0.15) is 10.6 Å². The topological polar surface area (TPSA) is 68.3 Å². The van der Waals surface area contributed by atoms with E-state index in [-0.39, 0.29) is 11.0 Å². The van der Waals surface area contributed by atoms with Crippen molar-refractivity contribution in [3.8, 4) is 0 Å². The lowest BCUT2D eigenvalue weighted by molar-refractivity contribution is 0.0922. The van der Waals surface area contributed by atoms with Crippen molar-refractivity contribution in [2.75, 3.05) is 0 Å². The molecule has 120 valence electrons. The summed E-state index contributed by atoms with van der Waals surface area (Å²) in [5.74, 6) is -0.391. The fourth-order valence-electron chi connectivity index (χ4n) is 1.78.